The molecule has 4 amide bonds. The SMILES string of the molecule is O=C1NC(=O)C2(CC2)C(=O)N1CC1Cc2ccccc21. The lowest BCUT2D eigenvalue weighted by Crippen LogP contribution is -2.60. The topological polar surface area (TPSA) is 66.5 Å². The number of nitrogens with one attached hydrogen (secondary N) is 1. The maximum absolute atomic E-state index is 12.4. The number of fused-ring (bicyclic) bond motifs is 1. The monoisotopic (exact) mass is 270 g/mol. The predicted molar refractivity (Wildman–Crippen MR) is 69.8 cm³/mol. The van der Waals surface area contributed by atoms with Crippen molar-refractivity contribution >= 4 is 17.8 Å². The van der Waals surface area contributed by atoms with Crippen LogP contribution in [0, 0.1) is 5.41 Å². The van der Waals surface area contributed by atoms with E-state index in [-0.39, 0.29) is 11.8 Å². The molecule has 1 aromatic carbocycles. The van der Waals surface area contributed by atoms with E-state index in [0.29, 0.717) is 19.4 Å². The second-order valence-corrected chi connectivity index (χ2v) is 5.86. The van der Waals surface area contributed by atoms with Crippen LogP contribution in [0.5, 0.6) is 0 Å². The van der Waals surface area contributed by atoms with Gasteiger partial charge in [0.2, 0.25) is 11.8 Å². The Balaban J connectivity index is 1.56. The summed E-state index contributed by atoms with van der Waals surface area (Å²) < 4.78 is 0. The van der Waals surface area contributed by atoms with Crippen molar-refractivity contribution in [3.05, 3.63) is 35.4 Å². The first kappa shape index (κ1) is 11.6. The molecule has 20 heavy (non-hydrogen) atoms. The molecule has 1 atom stereocenters. The van der Waals surface area contributed by atoms with Crippen LogP contribution in [0.1, 0.15) is 29.9 Å². The van der Waals surface area contributed by atoms with Crippen molar-refractivity contribution in [3.63, 3.8) is 0 Å². The molecule has 1 spiro atoms. The molecule has 5 heteroatoms. The first-order valence-electron chi connectivity index (χ1n) is 6.87. The molecule has 1 heterocycles. The van der Waals surface area contributed by atoms with Gasteiger partial charge in [-0.05, 0) is 30.4 Å². The summed E-state index contributed by atoms with van der Waals surface area (Å²) in [5, 5.41) is 2.32. The van der Waals surface area contributed by atoms with Crippen LogP contribution in [0.25, 0.3) is 0 Å². The molecule has 0 bridgehead atoms. The largest absolute Gasteiger partial charge is 0.330 e. The Morgan fingerprint density at radius 2 is 1.95 bits per heavy atom. The minimum Gasteiger partial charge on any atom is -0.277 e. The summed E-state index contributed by atoms with van der Waals surface area (Å²) in [6.45, 7) is 0.372. The van der Waals surface area contributed by atoms with Gasteiger partial charge in [-0.25, -0.2) is 4.79 Å². The zero-order chi connectivity index (χ0) is 13.9. The molecule has 1 aliphatic heterocycles. The highest BCUT2D eigenvalue weighted by molar-refractivity contribution is 6.20. The van der Waals surface area contributed by atoms with E-state index < -0.39 is 17.4 Å². The Labute approximate surface area is 115 Å². The Kier molecular flexibility index (Phi) is 2.14. The van der Waals surface area contributed by atoms with Gasteiger partial charge in [-0.1, -0.05) is 24.3 Å². The molecule has 0 aromatic heterocycles. The van der Waals surface area contributed by atoms with Gasteiger partial charge < -0.3 is 0 Å². The van der Waals surface area contributed by atoms with Crippen molar-refractivity contribution in [2.45, 2.75) is 25.2 Å². The minimum absolute atomic E-state index is 0.199. The van der Waals surface area contributed by atoms with E-state index in [1.54, 1.807) is 0 Å². The molecule has 1 N–H and O–H groups in total. The molecule has 0 radical (unpaired) electrons. The standard InChI is InChI=1S/C15H14N2O3/c18-12-15(5-6-15)13(19)17(14(20)16-12)8-10-7-9-3-1-2-4-11(9)10/h1-4,10H,5-8H2,(H,16,18,20). The molecule has 4 rings (SSSR count). The number of carbonyl (C=O) groups excluding carboxylic acids is 3. The zero-order valence-electron chi connectivity index (χ0n) is 10.9. The average Bonchev–Trinajstić information content (AvgIpc) is 3.19. The maximum Gasteiger partial charge on any atom is 0.330 e. The van der Waals surface area contributed by atoms with Gasteiger partial charge in [-0.15, -0.1) is 0 Å². The van der Waals surface area contributed by atoms with Crippen LogP contribution in [-0.4, -0.2) is 29.3 Å². The van der Waals surface area contributed by atoms with Gasteiger partial charge in [0.05, 0.1) is 0 Å². The van der Waals surface area contributed by atoms with E-state index >= 15 is 0 Å². The molecule has 1 aromatic rings. The van der Waals surface area contributed by atoms with Crippen molar-refractivity contribution in [2.24, 2.45) is 5.41 Å². The summed E-state index contributed by atoms with van der Waals surface area (Å²) in [7, 11) is 0. The highest BCUT2D eigenvalue weighted by Gasteiger charge is 2.62. The fourth-order valence-corrected chi connectivity index (χ4v) is 3.21. The average molecular weight is 270 g/mol. The number of hydrogen-bond donors (Lipinski definition) is 1. The highest BCUT2D eigenvalue weighted by atomic mass is 16.2. The molecule has 1 saturated carbocycles. The van der Waals surface area contributed by atoms with Crippen molar-refractivity contribution in [2.75, 3.05) is 6.54 Å². The second-order valence-electron chi connectivity index (χ2n) is 5.86. The van der Waals surface area contributed by atoms with Crippen LogP contribution in [0.2, 0.25) is 0 Å². The summed E-state index contributed by atoms with van der Waals surface area (Å²) >= 11 is 0. The van der Waals surface area contributed by atoms with Gasteiger partial charge in [0.25, 0.3) is 0 Å². The number of carbonyl (C=O) groups is 3. The molecule has 1 unspecified atom stereocenters. The fourth-order valence-electron chi connectivity index (χ4n) is 3.21. The Hall–Kier alpha value is -2.17. The third-order valence-corrected chi connectivity index (χ3v) is 4.67. The van der Waals surface area contributed by atoms with Crippen LogP contribution < -0.4 is 5.32 Å². The van der Waals surface area contributed by atoms with Crippen molar-refractivity contribution in [3.8, 4) is 0 Å². The molecule has 2 fully saturated rings. The van der Waals surface area contributed by atoms with E-state index in [1.165, 1.54) is 16.0 Å². The van der Waals surface area contributed by atoms with Crippen LogP contribution in [0.4, 0.5) is 4.79 Å². The maximum atomic E-state index is 12.4. The van der Waals surface area contributed by atoms with E-state index in [4.69, 9.17) is 0 Å². The number of rotatable bonds is 2. The summed E-state index contributed by atoms with van der Waals surface area (Å²) in [5.41, 5.74) is 1.55. The van der Waals surface area contributed by atoms with E-state index in [9.17, 15) is 14.4 Å². The molecular formula is C15H14N2O3. The molecule has 5 nitrogen and oxygen atoms in total. The van der Waals surface area contributed by atoms with Crippen LogP contribution in [0.15, 0.2) is 24.3 Å². The summed E-state index contributed by atoms with van der Waals surface area (Å²) in [6, 6.07) is 7.49. The van der Waals surface area contributed by atoms with Gasteiger partial charge in [0.1, 0.15) is 5.41 Å². The van der Waals surface area contributed by atoms with E-state index in [0.717, 1.165) is 6.42 Å². The minimum atomic E-state index is -0.933. The van der Waals surface area contributed by atoms with Gasteiger partial charge in [-0.2, -0.15) is 0 Å². The van der Waals surface area contributed by atoms with Crippen LogP contribution >= 0.6 is 0 Å². The normalized spacial score (nSPS) is 26.1. The molecular weight excluding hydrogens is 256 g/mol. The molecule has 102 valence electrons. The third-order valence-electron chi connectivity index (χ3n) is 4.67. The summed E-state index contributed by atoms with van der Waals surface area (Å²) in [4.78, 5) is 37.2. The van der Waals surface area contributed by atoms with Gasteiger partial charge >= 0.3 is 6.03 Å². The number of barbiturate groups is 1. The molecule has 2 aliphatic carbocycles. The van der Waals surface area contributed by atoms with E-state index in [2.05, 4.69) is 11.4 Å². The number of hydrogen-bond acceptors (Lipinski definition) is 3. The lowest BCUT2D eigenvalue weighted by atomic mass is 9.77. The molecule has 1 saturated heterocycles. The number of amides is 4. The Bertz CT molecular complexity index is 648. The first-order chi connectivity index (χ1) is 9.62. The van der Waals surface area contributed by atoms with Gasteiger partial charge in [-0.3, -0.25) is 19.8 Å². The second kappa shape index (κ2) is 3.69. The number of imide groups is 2. The zero-order valence-corrected chi connectivity index (χ0v) is 10.9. The Morgan fingerprint density at radius 3 is 2.65 bits per heavy atom. The number of urea groups is 1. The van der Waals surface area contributed by atoms with E-state index in [1.807, 2.05) is 18.2 Å². The number of nitrogens with zero attached hydrogens (tertiary/aromatic N) is 1. The fraction of sp³-hybridized carbons (Fsp3) is 0.400. The smallest absolute Gasteiger partial charge is 0.277 e. The highest BCUT2D eigenvalue weighted by Crippen LogP contribution is 2.49. The Morgan fingerprint density at radius 1 is 1.20 bits per heavy atom. The molecule has 3 aliphatic rings. The van der Waals surface area contributed by atoms with Crippen LogP contribution in [-0.2, 0) is 16.0 Å². The van der Waals surface area contributed by atoms with Crippen molar-refractivity contribution < 1.29 is 14.4 Å². The lowest BCUT2D eigenvalue weighted by molar-refractivity contribution is -0.144. The third kappa shape index (κ3) is 1.40. The summed E-state index contributed by atoms with van der Waals surface area (Å²) in [5.74, 6) is -0.529. The van der Waals surface area contributed by atoms with Crippen molar-refractivity contribution in [1.29, 1.82) is 0 Å². The van der Waals surface area contributed by atoms with Gasteiger partial charge in [0.15, 0.2) is 0 Å². The van der Waals surface area contributed by atoms with Crippen LogP contribution in [0.3, 0.4) is 0 Å². The van der Waals surface area contributed by atoms with Crippen molar-refractivity contribution in [1.82, 2.24) is 10.2 Å². The predicted octanol–water partition coefficient (Wildman–Crippen LogP) is 1.18. The number of benzene rings is 1. The first-order valence-corrected chi connectivity index (χ1v) is 6.87. The quantitative estimate of drug-likeness (QED) is 0.821. The lowest BCUT2D eigenvalue weighted by Gasteiger charge is -2.37. The summed E-state index contributed by atoms with van der Waals surface area (Å²) in [6.07, 6.45) is 2.00. The van der Waals surface area contributed by atoms with Gasteiger partial charge in [0, 0.05) is 12.5 Å².